The first-order valence-electron chi connectivity index (χ1n) is 7.59. The number of aliphatic carboxylic acids is 1. The lowest BCUT2D eigenvalue weighted by Gasteiger charge is -2.46. The summed E-state index contributed by atoms with van der Waals surface area (Å²) in [5.74, 6) is 0.201. The smallest absolute Gasteiger partial charge is 0.306 e. The molecular weight excluding hydrogens is 224 g/mol. The van der Waals surface area contributed by atoms with Crippen LogP contribution in [0, 0.1) is 17.3 Å². The minimum atomic E-state index is -0.590. The first-order chi connectivity index (χ1) is 8.37. The molecular formula is C16H32O2. The van der Waals surface area contributed by atoms with E-state index in [-0.39, 0.29) is 5.92 Å². The van der Waals surface area contributed by atoms with Crippen LogP contribution in [0.25, 0.3) is 0 Å². The Kier molecular flexibility index (Phi) is 8.30. The molecule has 1 rings (SSSR count). The molecule has 0 unspecified atom stereocenters. The van der Waals surface area contributed by atoms with Crippen molar-refractivity contribution in [2.45, 2.75) is 79.6 Å². The summed E-state index contributed by atoms with van der Waals surface area (Å²) < 4.78 is 0. The van der Waals surface area contributed by atoms with E-state index in [0.29, 0.717) is 5.41 Å². The summed E-state index contributed by atoms with van der Waals surface area (Å²) in [5.41, 5.74) is 0.397. The van der Waals surface area contributed by atoms with E-state index in [4.69, 9.17) is 5.11 Å². The van der Waals surface area contributed by atoms with Gasteiger partial charge in [0, 0.05) is 0 Å². The third-order valence-corrected chi connectivity index (χ3v) is 3.55. The first-order valence-corrected chi connectivity index (χ1v) is 7.59. The summed E-state index contributed by atoms with van der Waals surface area (Å²) in [7, 11) is 0. The van der Waals surface area contributed by atoms with Crippen molar-refractivity contribution in [2.75, 3.05) is 0 Å². The second-order valence-corrected chi connectivity index (χ2v) is 6.53. The average Bonchev–Trinajstić information content (AvgIpc) is 2.19. The second kappa shape index (κ2) is 8.55. The molecule has 108 valence electrons. The molecule has 0 saturated heterocycles. The van der Waals surface area contributed by atoms with Crippen LogP contribution in [0.2, 0.25) is 0 Å². The number of rotatable bonds is 6. The molecule has 1 saturated carbocycles. The zero-order chi connectivity index (χ0) is 14.2. The molecule has 0 aromatic heterocycles. The molecule has 1 aliphatic rings. The Hall–Kier alpha value is -0.530. The molecule has 1 fully saturated rings. The van der Waals surface area contributed by atoms with Crippen LogP contribution in [0.15, 0.2) is 0 Å². The van der Waals surface area contributed by atoms with Gasteiger partial charge in [0.05, 0.1) is 5.92 Å². The molecule has 0 atom stereocenters. The quantitative estimate of drug-likeness (QED) is 0.716. The Morgan fingerprint density at radius 3 is 2.00 bits per heavy atom. The lowest BCUT2D eigenvalue weighted by Crippen LogP contribution is -2.41. The molecule has 1 N–H and O–H groups in total. The molecule has 1 aliphatic carbocycles. The van der Waals surface area contributed by atoms with Gasteiger partial charge in [-0.25, -0.2) is 0 Å². The lowest BCUT2D eigenvalue weighted by molar-refractivity contribution is -0.151. The van der Waals surface area contributed by atoms with E-state index in [1.807, 2.05) is 0 Å². The van der Waals surface area contributed by atoms with E-state index in [1.165, 1.54) is 32.1 Å². The van der Waals surface area contributed by atoms with Gasteiger partial charge in [0.1, 0.15) is 0 Å². The van der Waals surface area contributed by atoms with Crippen molar-refractivity contribution in [3.05, 3.63) is 0 Å². The van der Waals surface area contributed by atoms with E-state index >= 15 is 0 Å². The molecule has 0 aromatic carbocycles. The van der Waals surface area contributed by atoms with Crippen molar-refractivity contribution in [2.24, 2.45) is 17.3 Å². The summed E-state index contributed by atoms with van der Waals surface area (Å²) in [6, 6.07) is 0. The highest BCUT2D eigenvalue weighted by molar-refractivity contribution is 5.71. The van der Waals surface area contributed by atoms with Gasteiger partial charge in [-0.1, -0.05) is 53.9 Å². The van der Waals surface area contributed by atoms with Crippen LogP contribution in [0.5, 0.6) is 0 Å². The van der Waals surface area contributed by atoms with Gasteiger partial charge in [0.15, 0.2) is 0 Å². The SMILES string of the molecule is CC(C)C.CCCCC1(CCC)CC(C(=O)O)C1. The number of unbranched alkanes of at least 4 members (excludes halogenated alkanes) is 1. The fourth-order valence-electron chi connectivity index (χ4n) is 2.78. The fraction of sp³-hybridized carbons (Fsp3) is 0.938. The third-order valence-electron chi connectivity index (χ3n) is 3.55. The maximum absolute atomic E-state index is 10.7. The van der Waals surface area contributed by atoms with Crippen LogP contribution in [-0.2, 0) is 4.79 Å². The maximum atomic E-state index is 10.7. The summed E-state index contributed by atoms with van der Waals surface area (Å²) in [6.07, 6.45) is 7.98. The highest BCUT2D eigenvalue weighted by Gasteiger charge is 2.45. The Bertz CT molecular complexity index is 224. The van der Waals surface area contributed by atoms with Crippen LogP contribution in [0.1, 0.15) is 79.6 Å². The maximum Gasteiger partial charge on any atom is 0.306 e. The van der Waals surface area contributed by atoms with Crippen LogP contribution < -0.4 is 0 Å². The van der Waals surface area contributed by atoms with E-state index < -0.39 is 5.97 Å². The fourth-order valence-corrected chi connectivity index (χ4v) is 2.78. The van der Waals surface area contributed by atoms with Crippen molar-refractivity contribution in [1.29, 1.82) is 0 Å². The molecule has 0 spiro atoms. The predicted octanol–water partition coefficient (Wildman–Crippen LogP) is 5.12. The summed E-state index contributed by atoms with van der Waals surface area (Å²) in [4.78, 5) is 10.7. The monoisotopic (exact) mass is 256 g/mol. The Morgan fingerprint density at radius 1 is 1.17 bits per heavy atom. The zero-order valence-electron chi connectivity index (χ0n) is 13.0. The minimum Gasteiger partial charge on any atom is -0.481 e. The van der Waals surface area contributed by atoms with E-state index in [1.54, 1.807) is 0 Å². The Morgan fingerprint density at radius 2 is 1.67 bits per heavy atom. The van der Waals surface area contributed by atoms with E-state index in [0.717, 1.165) is 18.8 Å². The van der Waals surface area contributed by atoms with Gasteiger partial charge in [-0.05, 0) is 37.0 Å². The van der Waals surface area contributed by atoms with Crippen molar-refractivity contribution < 1.29 is 9.90 Å². The third kappa shape index (κ3) is 6.42. The molecule has 0 heterocycles. The van der Waals surface area contributed by atoms with Gasteiger partial charge in [-0.2, -0.15) is 0 Å². The highest BCUT2D eigenvalue weighted by atomic mass is 16.4. The van der Waals surface area contributed by atoms with Crippen LogP contribution in [0.3, 0.4) is 0 Å². The zero-order valence-corrected chi connectivity index (χ0v) is 13.0. The largest absolute Gasteiger partial charge is 0.481 e. The molecule has 0 amide bonds. The number of hydrogen-bond donors (Lipinski definition) is 1. The molecule has 2 nitrogen and oxygen atoms in total. The van der Waals surface area contributed by atoms with Gasteiger partial charge >= 0.3 is 5.97 Å². The summed E-state index contributed by atoms with van der Waals surface area (Å²) in [5, 5.41) is 8.86. The molecule has 0 bridgehead atoms. The number of hydrogen-bond acceptors (Lipinski definition) is 1. The molecule has 18 heavy (non-hydrogen) atoms. The van der Waals surface area contributed by atoms with Gasteiger partial charge in [0.25, 0.3) is 0 Å². The molecule has 0 aliphatic heterocycles. The number of carboxylic acids is 1. The highest BCUT2D eigenvalue weighted by Crippen LogP contribution is 2.52. The summed E-state index contributed by atoms with van der Waals surface area (Å²) in [6.45, 7) is 10.9. The topological polar surface area (TPSA) is 37.3 Å². The molecule has 0 radical (unpaired) electrons. The second-order valence-electron chi connectivity index (χ2n) is 6.53. The Balaban J connectivity index is 0.000000631. The van der Waals surface area contributed by atoms with Gasteiger partial charge < -0.3 is 5.11 Å². The van der Waals surface area contributed by atoms with Crippen molar-refractivity contribution in [1.82, 2.24) is 0 Å². The lowest BCUT2D eigenvalue weighted by atomic mass is 9.58. The number of carbonyl (C=O) groups is 1. The summed E-state index contributed by atoms with van der Waals surface area (Å²) >= 11 is 0. The molecule has 0 aromatic rings. The van der Waals surface area contributed by atoms with E-state index in [2.05, 4.69) is 34.6 Å². The van der Waals surface area contributed by atoms with Crippen LogP contribution in [0.4, 0.5) is 0 Å². The molecule has 2 heteroatoms. The average molecular weight is 256 g/mol. The van der Waals surface area contributed by atoms with Crippen molar-refractivity contribution in [3.63, 3.8) is 0 Å². The normalized spacial score (nSPS) is 26.2. The van der Waals surface area contributed by atoms with Crippen molar-refractivity contribution in [3.8, 4) is 0 Å². The van der Waals surface area contributed by atoms with Crippen LogP contribution >= 0.6 is 0 Å². The first kappa shape index (κ1) is 17.5. The van der Waals surface area contributed by atoms with Gasteiger partial charge in [-0.3, -0.25) is 4.79 Å². The van der Waals surface area contributed by atoms with Crippen molar-refractivity contribution >= 4 is 5.97 Å². The standard InChI is InChI=1S/C12H22O2.C4H10/c1-3-5-7-12(6-4-2)8-10(9-12)11(13)14;1-4(2)3/h10H,3-9H2,1-2H3,(H,13,14);4H,1-3H3. The van der Waals surface area contributed by atoms with Gasteiger partial charge in [0.2, 0.25) is 0 Å². The van der Waals surface area contributed by atoms with E-state index in [9.17, 15) is 4.79 Å². The van der Waals surface area contributed by atoms with Crippen LogP contribution in [-0.4, -0.2) is 11.1 Å². The number of carboxylic acid groups (broad SMARTS) is 1. The predicted molar refractivity (Wildman–Crippen MR) is 77.7 cm³/mol. The van der Waals surface area contributed by atoms with Gasteiger partial charge in [-0.15, -0.1) is 0 Å². The minimum absolute atomic E-state index is 0.0431. The Labute approximate surface area is 113 Å².